The van der Waals surface area contributed by atoms with Crippen LogP contribution in [0.15, 0.2) is 42.5 Å². The van der Waals surface area contributed by atoms with Gasteiger partial charge in [-0.3, -0.25) is 4.79 Å². The molecule has 2 atom stereocenters. The molecule has 0 heterocycles. The summed E-state index contributed by atoms with van der Waals surface area (Å²) in [4.78, 5) is 24.0. The number of ether oxygens (including phenoxy) is 1. The van der Waals surface area contributed by atoms with Gasteiger partial charge in [0.25, 0.3) is 5.91 Å². The molecule has 0 aliphatic rings. The number of aliphatic hydroxyl groups is 1. The number of amides is 1. The van der Waals surface area contributed by atoms with Gasteiger partial charge in [-0.2, -0.15) is 0 Å². The van der Waals surface area contributed by atoms with Gasteiger partial charge < -0.3 is 15.2 Å². The molecule has 2 unspecified atom stereocenters. The van der Waals surface area contributed by atoms with E-state index >= 15 is 0 Å². The monoisotopic (exact) mass is 353 g/mol. The van der Waals surface area contributed by atoms with Crippen LogP contribution in [0.1, 0.15) is 22.0 Å². The number of carbonyl (C=O) groups is 2. The Hall–Kier alpha value is -2.87. The van der Waals surface area contributed by atoms with Crippen LogP contribution in [-0.4, -0.2) is 30.1 Å². The number of aliphatic hydroxyl groups excluding tert-OH is 1. The van der Waals surface area contributed by atoms with Crippen molar-refractivity contribution in [2.24, 2.45) is 0 Å². The Bertz CT molecular complexity index is 760. The maximum absolute atomic E-state index is 13.8. The summed E-state index contributed by atoms with van der Waals surface area (Å²) < 4.78 is 45.2. The van der Waals surface area contributed by atoms with Crippen molar-refractivity contribution in [2.75, 3.05) is 7.11 Å². The molecule has 0 saturated carbocycles. The molecule has 0 radical (unpaired) electrons. The average molecular weight is 353 g/mol. The van der Waals surface area contributed by atoms with Gasteiger partial charge in [-0.25, -0.2) is 18.0 Å². The molecule has 2 rings (SSSR count). The van der Waals surface area contributed by atoms with Gasteiger partial charge in [0.05, 0.1) is 12.7 Å². The SMILES string of the molecule is COC(=O)C(NC(=O)c1ccccc1)C(O)c1c(F)cc(F)cc1F. The Morgan fingerprint density at radius 2 is 1.64 bits per heavy atom. The molecular formula is C17H14F3NO4. The number of hydrogen-bond acceptors (Lipinski definition) is 4. The van der Waals surface area contributed by atoms with Gasteiger partial charge in [0.1, 0.15) is 23.6 Å². The Kier molecular flexibility index (Phi) is 5.76. The van der Waals surface area contributed by atoms with Gasteiger partial charge in [0.2, 0.25) is 0 Å². The third-order valence-electron chi connectivity index (χ3n) is 3.43. The summed E-state index contributed by atoms with van der Waals surface area (Å²) >= 11 is 0. The molecule has 0 bridgehead atoms. The Morgan fingerprint density at radius 1 is 1.08 bits per heavy atom. The van der Waals surface area contributed by atoms with Gasteiger partial charge in [0.15, 0.2) is 6.04 Å². The lowest BCUT2D eigenvalue weighted by Crippen LogP contribution is -2.46. The zero-order valence-electron chi connectivity index (χ0n) is 13.0. The Labute approximate surface area is 141 Å². The van der Waals surface area contributed by atoms with Gasteiger partial charge >= 0.3 is 5.97 Å². The van der Waals surface area contributed by atoms with Crippen molar-refractivity contribution in [2.45, 2.75) is 12.1 Å². The highest BCUT2D eigenvalue weighted by molar-refractivity contribution is 5.96. The van der Waals surface area contributed by atoms with Crippen molar-refractivity contribution in [1.82, 2.24) is 5.32 Å². The second-order valence-electron chi connectivity index (χ2n) is 5.07. The molecular weight excluding hydrogens is 339 g/mol. The van der Waals surface area contributed by atoms with Crippen LogP contribution in [0.5, 0.6) is 0 Å². The highest BCUT2D eigenvalue weighted by Gasteiger charge is 2.34. The minimum absolute atomic E-state index is 0.156. The van der Waals surface area contributed by atoms with Crippen LogP contribution in [0, 0.1) is 17.5 Å². The molecule has 1 amide bonds. The fourth-order valence-corrected chi connectivity index (χ4v) is 2.21. The van der Waals surface area contributed by atoms with E-state index in [1.54, 1.807) is 18.2 Å². The minimum Gasteiger partial charge on any atom is -0.467 e. The molecule has 0 fully saturated rings. The first-order valence-corrected chi connectivity index (χ1v) is 7.11. The number of methoxy groups -OCH3 is 1. The smallest absolute Gasteiger partial charge is 0.331 e. The van der Waals surface area contributed by atoms with Gasteiger partial charge in [-0.15, -0.1) is 0 Å². The summed E-state index contributed by atoms with van der Waals surface area (Å²) in [6.07, 6.45) is -2.12. The summed E-state index contributed by atoms with van der Waals surface area (Å²) in [7, 11) is 0.980. The van der Waals surface area contributed by atoms with Crippen LogP contribution in [0.4, 0.5) is 13.2 Å². The molecule has 132 valence electrons. The summed E-state index contributed by atoms with van der Waals surface area (Å²) in [5, 5.41) is 12.4. The molecule has 2 N–H and O–H groups in total. The van der Waals surface area contributed by atoms with Crippen LogP contribution >= 0.6 is 0 Å². The Balaban J connectivity index is 2.35. The number of rotatable bonds is 5. The van der Waals surface area contributed by atoms with Crippen LogP contribution in [-0.2, 0) is 9.53 Å². The fourth-order valence-electron chi connectivity index (χ4n) is 2.21. The molecule has 5 nitrogen and oxygen atoms in total. The van der Waals surface area contributed by atoms with E-state index in [9.17, 15) is 27.9 Å². The highest BCUT2D eigenvalue weighted by Crippen LogP contribution is 2.25. The molecule has 0 spiro atoms. The number of carbonyl (C=O) groups excluding carboxylic acids is 2. The number of benzene rings is 2. The van der Waals surface area contributed by atoms with Gasteiger partial charge in [-0.05, 0) is 12.1 Å². The fraction of sp³-hybridized carbons (Fsp3) is 0.176. The zero-order chi connectivity index (χ0) is 18.6. The number of hydrogen-bond donors (Lipinski definition) is 2. The molecule has 2 aromatic rings. The predicted molar refractivity (Wildman–Crippen MR) is 81.0 cm³/mol. The quantitative estimate of drug-likeness (QED) is 0.808. The van der Waals surface area contributed by atoms with Gasteiger partial charge in [-0.1, -0.05) is 18.2 Å². The van der Waals surface area contributed by atoms with E-state index in [2.05, 4.69) is 10.1 Å². The van der Waals surface area contributed by atoms with Crippen LogP contribution in [0.25, 0.3) is 0 Å². The summed E-state index contributed by atoms with van der Waals surface area (Å²) in [6, 6.07) is 6.59. The molecule has 0 saturated heterocycles. The minimum atomic E-state index is -2.12. The van der Waals surface area contributed by atoms with Crippen LogP contribution < -0.4 is 5.32 Å². The van der Waals surface area contributed by atoms with Crippen molar-refractivity contribution >= 4 is 11.9 Å². The van der Waals surface area contributed by atoms with E-state index in [-0.39, 0.29) is 5.56 Å². The maximum Gasteiger partial charge on any atom is 0.331 e. The molecule has 0 aromatic heterocycles. The lowest BCUT2D eigenvalue weighted by atomic mass is 10.00. The van der Waals surface area contributed by atoms with E-state index < -0.39 is 47.0 Å². The molecule has 0 aliphatic carbocycles. The third-order valence-corrected chi connectivity index (χ3v) is 3.43. The second-order valence-corrected chi connectivity index (χ2v) is 5.07. The average Bonchev–Trinajstić information content (AvgIpc) is 2.58. The van der Waals surface area contributed by atoms with E-state index in [0.29, 0.717) is 12.1 Å². The largest absolute Gasteiger partial charge is 0.467 e. The topological polar surface area (TPSA) is 75.6 Å². The lowest BCUT2D eigenvalue weighted by molar-refractivity contribution is -0.146. The highest BCUT2D eigenvalue weighted by atomic mass is 19.1. The van der Waals surface area contributed by atoms with Crippen molar-refractivity contribution in [3.63, 3.8) is 0 Å². The van der Waals surface area contributed by atoms with Crippen molar-refractivity contribution in [1.29, 1.82) is 0 Å². The first-order valence-electron chi connectivity index (χ1n) is 7.11. The van der Waals surface area contributed by atoms with Crippen molar-refractivity contribution in [3.8, 4) is 0 Å². The number of nitrogens with one attached hydrogen (secondary N) is 1. The Morgan fingerprint density at radius 3 is 2.16 bits per heavy atom. The molecule has 2 aromatic carbocycles. The van der Waals surface area contributed by atoms with E-state index in [1.165, 1.54) is 12.1 Å². The first-order chi connectivity index (χ1) is 11.8. The van der Waals surface area contributed by atoms with E-state index in [1.807, 2.05) is 0 Å². The van der Waals surface area contributed by atoms with Crippen molar-refractivity contribution < 1.29 is 32.6 Å². The summed E-state index contributed by atoms with van der Waals surface area (Å²) in [6.45, 7) is 0. The summed E-state index contributed by atoms with van der Waals surface area (Å²) in [5.74, 6) is -5.87. The molecule has 25 heavy (non-hydrogen) atoms. The predicted octanol–water partition coefficient (Wildman–Crippen LogP) is 2.11. The van der Waals surface area contributed by atoms with E-state index in [0.717, 1.165) is 7.11 Å². The van der Waals surface area contributed by atoms with E-state index in [4.69, 9.17) is 0 Å². The van der Waals surface area contributed by atoms with Gasteiger partial charge in [0, 0.05) is 17.7 Å². The normalized spacial score (nSPS) is 13.0. The number of esters is 1. The first kappa shape index (κ1) is 18.5. The lowest BCUT2D eigenvalue weighted by Gasteiger charge is -2.23. The zero-order valence-corrected chi connectivity index (χ0v) is 13.0. The standard InChI is InChI=1S/C17H14F3NO4/c1-25-17(24)14(21-16(23)9-5-3-2-4-6-9)15(22)13-11(19)7-10(18)8-12(13)20/h2-8,14-15,22H,1H3,(H,21,23). The maximum atomic E-state index is 13.8. The second kappa shape index (κ2) is 7.80. The van der Waals surface area contributed by atoms with Crippen molar-refractivity contribution in [3.05, 3.63) is 71.0 Å². The third kappa shape index (κ3) is 4.16. The van der Waals surface area contributed by atoms with Crippen LogP contribution in [0.2, 0.25) is 0 Å². The van der Waals surface area contributed by atoms with Crippen LogP contribution in [0.3, 0.4) is 0 Å². The molecule has 8 heteroatoms. The summed E-state index contributed by atoms with van der Waals surface area (Å²) in [5.41, 5.74) is -0.797. The number of halogens is 3. The molecule has 0 aliphatic heterocycles.